The summed E-state index contributed by atoms with van der Waals surface area (Å²) >= 11 is 6.38. The van der Waals surface area contributed by atoms with Crippen LogP contribution in [0.25, 0.3) is 0 Å². The first-order chi connectivity index (χ1) is 10.2. The number of nitrogens with zero attached hydrogens (tertiary/aromatic N) is 1. The number of isocyanates is 1. The highest BCUT2D eigenvalue weighted by Gasteiger charge is 2.47. The van der Waals surface area contributed by atoms with E-state index in [4.69, 9.17) is 21.1 Å². The molecule has 0 N–H and O–H groups in total. The molecule has 0 radical (unpaired) electrons. The van der Waals surface area contributed by atoms with Gasteiger partial charge in [0.15, 0.2) is 11.5 Å². The van der Waals surface area contributed by atoms with Crippen LogP contribution in [0.4, 0.5) is 0 Å². The van der Waals surface area contributed by atoms with E-state index in [-0.39, 0.29) is 5.41 Å². The van der Waals surface area contributed by atoms with Gasteiger partial charge in [-0.2, -0.15) is 4.99 Å². The standard InChI is InChI=1S/C16H16ClNO3/c17-12-6-11(16(18-10-19)2-1-3-16)7-13-14(12)21-9-15(4-5-15)8-20-13/h6-7H,1-5,8-9H2. The highest BCUT2D eigenvalue weighted by Crippen LogP contribution is 2.53. The van der Waals surface area contributed by atoms with E-state index in [0.29, 0.717) is 29.7 Å². The Kier molecular flexibility index (Phi) is 2.82. The summed E-state index contributed by atoms with van der Waals surface area (Å²) in [7, 11) is 0. The quantitative estimate of drug-likeness (QED) is 0.619. The lowest BCUT2D eigenvalue weighted by Gasteiger charge is -2.37. The highest BCUT2D eigenvalue weighted by molar-refractivity contribution is 6.32. The zero-order valence-corrected chi connectivity index (χ0v) is 12.4. The van der Waals surface area contributed by atoms with Gasteiger partial charge in [-0.1, -0.05) is 11.6 Å². The Morgan fingerprint density at radius 2 is 1.90 bits per heavy atom. The van der Waals surface area contributed by atoms with Crippen LogP contribution in [0.15, 0.2) is 17.1 Å². The maximum absolute atomic E-state index is 10.7. The van der Waals surface area contributed by atoms with Gasteiger partial charge in [-0.3, -0.25) is 0 Å². The summed E-state index contributed by atoms with van der Waals surface area (Å²) in [5.41, 5.74) is 0.640. The Hall–Kier alpha value is -1.51. The smallest absolute Gasteiger partial charge is 0.235 e. The Labute approximate surface area is 128 Å². The topological polar surface area (TPSA) is 47.9 Å². The van der Waals surface area contributed by atoms with Crippen molar-refractivity contribution in [1.29, 1.82) is 0 Å². The van der Waals surface area contributed by atoms with E-state index in [1.807, 2.05) is 12.1 Å². The maximum atomic E-state index is 10.7. The summed E-state index contributed by atoms with van der Waals surface area (Å²) in [4.78, 5) is 14.8. The van der Waals surface area contributed by atoms with E-state index in [9.17, 15) is 4.79 Å². The average Bonchev–Trinajstić information content (AvgIpc) is 3.22. The monoisotopic (exact) mass is 305 g/mol. The Morgan fingerprint density at radius 1 is 1.14 bits per heavy atom. The van der Waals surface area contributed by atoms with Crippen LogP contribution in [-0.2, 0) is 10.3 Å². The number of hydrogen-bond donors (Lipinski definition) is 0. The van der Waals surface area contributed by atoms with Gasteiger partial charge in [0, 0.05) is 5.41 Å². The first-order valence-electron chi connectivity index (χ1n) is 7.35. The molecule has 1 aromatic rings. The summed E-state index contributed by atoms with van der Waals surface area (Å²) in [6.07, 6.45) is 6.75. The third-order valence-corrected chi connectivity index (χ3v) is 5.28. The largest absolute Gasteiger partial charge is 0.489 e. The number of halogens is 1. The summed E-state index contributed by atoms with van der Waals surface area (Å²) in [6.45, 7) is 1.33. The Morgan fingerprint density at radius 3 is 2.52 bits per heavy atom. The lowest BCUT2D eigenvalue weighted by atomic mass is 9.72. The molecule has 0 amide bonds. The molecule has 5 heteroatoms. The predicted molar refractivity (Wildman–Crippen MR) is 77.8 cm³/mol. The van der Waals surface area contributed by atoms with Crippen molar-refractivity contribution in [1.82, 2.24) is 0 Å². The van der Waals surface area contributed by atoms with Crippen LogP contribution in [0, 0.1) is 5.41 Å². The molecule has 0 unspecified atom stereocenters. The van der Waals surface area contributed by atoms with Crippen LogP contribution in [0.1, 0.15) is 37.7 Å². The fourth-order valence-corrected chi connectivity index (χ4v) is 3.38. The molecule has 1 heterocycles. The molecule has 0 saturated heterocycles. The van der Waals surface area contributed by atoms with Gasteiger partial charge >= 0.3 is 0 Å². The molecule has 3 aliphatic rings. The van der Waals surface area contributed by atoms with E-state index in [0.717, 1.165) is 37.7 Å². The Balaban J connectivity index is 1.74. The van der Waals surface area contributed by atoms with E-state index in [1.54, 1.807) is 6.08 Å². The Bertz CT molecular complexity index is 643. The SMILES string of the molecule is O=C=NC1(c2cc(Cl)c3c(c2)OCC2(CC2)CO3)CCC1. The second kappa shape index (κ2) is 4.49. The summed E-state index contributed by atoms with van der Waals surface area (Å²) in [6, 6.07) is 3.79. The van der Waals surface area contributed by atoms with Crippen molar-refractivity contribution in [3.63, 3.8) is 0 Å². The number of rotatable bonds is 2. The van der Waals surface area contributed by atoms with Crippen molar-refractivity contribution in [2.24, 2.45) is 10.4 Å². The molecule has 1 spiro atoms. The van der Waals surface area contributed by atoms with E-state index in [1.165, 1.54) is 0 Å². The molecule has 4 nitrogen and oxygen atoms in total. The lowest BCUT2D eigenvalue weighted by molar-refractivity contribution is 0.197. The molecule has 1 aliphatic heterocycles. The zero-order valence-electron chi connectivity index (χ0n) is 11.7. The molecule has 2 fully saturated rings. The van der Waals surface area contributed by atoms with E-state index < -0.39 is 5.54 Å². The van der Waals surface area contributed by atoms with Crippen molar-refractivity contribution >= 4 is 17.7 Å². The van der Waals surface area contributed by atoms with Crippen molar-refractivity contribution in [2.45, 2.75) is 37.6 Å². The number of benzene rings is 1. The van der Waals surface area contributed by atoms with Crippen molar-refractivity contribution < 1.29 is 14.3 Å². The van der Waals surface area contributed by atoms with Gasteiger partial charge in [-0.15, -0.1) is 0 Å². The predicted octanol–water partition coefficient (Wildman–Crippen LogP) is 3.61. The molecular formula is C16H16ClNO3. The van der Waals surface area contributed by atoms with Gasteiger partial charge in [0.1, 0.15) is 0 Å². The van der Waals surface area contributed by atoms with Gasteiger partial charge in [-0.05, 0) is 49.8 Å². The van der Waals surface area contributed by atoms with E-state index >= 15 is 0 Å². The van der Waals surface area contributed by atoms with Crippen molar-refractivity contribution in [3.05, 3.63) is 22.7 Å². The first-order valence-corrected chi connectivity index (χ1v) is 7.73. The normalized spacial score (nSPS) is 23.7. The number of carbonyl (C=O) groups excluding carboxylic acids is 1. The first kappa shape index (κ1) is 13.2. The van der Waals surface area contributed by atoms with Gasteiger partial charge in [0.2, 0.25) is 6.08 Å². The van der Waals surface area contributed by atoms with Gasteiger partial charge in [-0.25, -0.2) is 4.79 Å². The van der Waals surface area contributed by atoms with Crippen molar-refractivity contribution in [3.8, 4) is 11.5 Å². The lowest BCUT2D eigenvalue weighted by Crippen LogP contribution is -2.31. The van der Waals surface area contributed by atoms with Crippen LogP contribution >= 0.6 is 11.6 Å². The minimum atomic E-state index is -0.465. The number of aliphatic imine (C=N–C) groups is 1. The second-order valence-corrected chi connectivity index (χ2v) is 6.86. The molecule has 0 atom stereocenters. The molecule has 110 valence electrons. The second-order valence-electron chi connectivity index (χ2n) is 6.45. The van der Waals surface area contributed by atoms with Crippen LogP contribution < -0.4 is 9.47 Å². The van der Waals surface area contributed by atoms with Crippen LogP contribution in [0.2, 0.25) is 5.02 Å². The number of fused-ring (bicyclic) bond motifs is 1. The highest BCUT2D eigenvalue weighted by atomic mass is 35.5. The fraction of sp³-hybridized carbons (Fsp3) is 0.562. The molecule has 0 bridgehead atoms. The van der Waals surface area contributed by atoms with Gasteiger partial charge in [0.05, 0.1) is 23.8 Å². The fourth-order valence-electron chi connectivity index (χ4n) is 3.11. The van der Waals surface area contributed by atoms with Gasteiger partial charge in [0.25, 0.3) is 0 Å². The molecule has 0 aromatic heterocycles. The molecule has 2 saturated carbocycles. The van der Waals surface area contributed by atoms with Crippen LogP contribution in [-0.4, -0.2) is 19.3 Å². The third-order valence-electron chi connectivity index (χ3n) is 5.00. The molecule has 1 aromatic carbocycles. The maximum Gasteiger partial charge on any atom is 0.235 e. The van der Waals surface area contributed by atoms with Crippen LogP contribution in [0.5, 0.6) is 11.5 Å². The summed E-state index contributed by atoms with van der Waals surface area (Å²) in [5.74, 6) is 1.29. The molecule has 4 rings (SSSR count). The zero-order chi connectivity index (χ0) is 14.5. The molecule has 21 heavy (non-hydrogen) atoms. The average molecular weight is 306 g/mol. The minimum Gasteiger partial charge on any atom is -0.489 e. The molecule has 2 aliphatic carbocycles. The minimum absolute atomic E-state index is 0.178. The summed E-state index contributed by atoms with van der Waals surface area (Å²) in [5, 5.41) is 0.535. The number of hydrogen-bond acceptors (Lipinski definition) is 4. The van der Waals surface area contributed by atoms with Crippen molar-refractivity contribution in [2.75, 3.05) is 13.2 Å². The third kappa shape index (κ3) is 2.05. The van der Waals surface area contributed by atoms with E-state index in [2.05, 4.69) is 4.99 Å². The van der Waals surface area contributed by atoms with Gasteiger partial charge < -0.3 is 9.47 Å². The van der Waals surface area contributed by atoms with Crippen LogP contribution in [0.3, 0.4) is 0 Å². The molecular weight excluding hydrogens is 290 g/mol. The number of ether oxygens (including phenoxy) is 2. The summed E-state index contributed by atoms with van der Waals surface area (Å²) < 4.78 is 11.8.